The lowest BCUT2D eigenvalue weighted by Crippen LogP contribution is -2.63. The molecule has 2 saturated heterocycles. The number of carbonyl (C=O) groups excluding carboxylic acids is 1. The second kappa shape index (κ2) is 10.4. The van der Waals surface area contributed by atoms with Crippen LogP contribution in [-0.2, 0) is 28.5 Å². The van der Waals surface area contributed by atoms with Gasteiger partial charge in [0.15, 0.2) is 18.5 Å². The van der Waals surface area contributed by atoms with Gasteiger partial charge in [0, 0.05) is 0 Å². The van der Waals surface area contributed by atoms with Crippen molar-refractivity contribution in [2.45, 2.75) is 67.3 Å². The van der Waals surface area contributed by atoms with Crippen molar-refractivity contribution in [1.29, 1.82) is 0 Å². The van der Waals surface area contributed by atoms with E-state index in [1.54, 1.807) is 0 Å². The molecule has 0 bridgehead atoms. The zero-order chi connectivity index (χ0) is 23.5. The summed E-state index contributed by atoms with van der Waals surface area (Å²) in [7, 11) is 0. The fourth-order valence-corrected chi connectivity index (χ4v) is 3.21. The van der Waals surface area contributed by atoms with E-state index in [1.165, 1.54) is 0 Å². The normalized spacial score (nSPS) is 41.7. The van der Waals surface area contributed by atoms with Gasteiger partial charge in [0.25, 0.3) is 0 Å². The standard InChI is InChI=1S/C16H26O15/c17-2-6-9(22)11(24)12(25)15(28-6)31-16(4-19)13(10(23)7(3-18)30-16)29-8(21)1-5(20)14(26)27/h5-7,9-13,15,17-20,22-25H,1-4H2,(H,26,27)/t5?,6-,7-,9-,10-,11+,12-,13+,15-,16+/m1/s1. The highest BCUT2D eigenvalue weighted by Gasteiger charge is 2.60. The van der Waals surface area contributed by atoms with Gasteiger partial charge in [0.05, 0.1) is 19.6 Å². The Kier molecular flexibility index (Phi) is 8.65. The molecule has 31 heavy (non-hydrogen) atoms. The molecule has 0 aliphatic carbocycles. The quantitative estimate of drug-likeness (QED) is 0.146. The number of aliphatic hydroxyl groups is 8. The molecule has 0 amide bonds. The van der Waals surface area contributed by atoms with Crippen LogP contribution in [0.3, 0.4) is 0 Å². The maximum absolute atomic E-state index is 12.0. The number of aliphatic carboxylic acids is 1. The van der Waals surface area contributed by atoms with Crippen LogP contribution in [0.15, 0.2) is 0 Å². The third-order valence-electron chi connectivity index (χ3n) is 4.94. The molecule has 0 aromatic rings. The molecule has 1 unspecified atom stereocenters. The van der Waals surface area contributed by atoms with E-state index < -0.39 is 99.1 Å². The van der Waals surface area contributed by atoms with Gasteiger partial charge in [-0.05, 0) is 0 Å². The fraction of sp³-hybridized carbons (Fsp3) is 0.875. The van der Waals surface area contributed by atoms with Gasteiger partial charge in [-0.25, -0.2) is 4.79 Å². The fourth-order valence-electron chi connectivity index (χ4n) is 3.21. The summed E-state index contributed by atoms with van der Waals surface area (Å²) in [6.07, 6.45) is -17.2. The molecule has 0 spiro atoms. The molecule has 10 atom stereocenters. The number of hydrogen-bond acceptors (Lipinski definition) is 14. The van der Waals surface area contributed by atoms with Crippen LogP contribution in [0, 0.1) is 0 Å². The first-order valence-corrected chi connectivity index (χ1v) is 9.17. The van der Waals surface area contributed by atoms with Crippen LogP contribution >= 0.6 is 0 Å². The van der Waals surface area contributed by atoms with Gasteiger partial charge in [-0.3, -0.25) is 4.79 Å². The Hall–Kier alpha value is -1.50. The van der Waals surface area contributed by atoms with Gasteiger partial charge in [-0.2, -0.15) is 0 Å². The minimum Gasteiger partial charge on any atom is -0.479 e. The van der Waals surface area contributed by atoms with E-state index in [1.807, 2.05) is 0 Å². The summed E-state index contributed by atoms with van der Waals surface area (Å²) in [5, 5.41) is 86.7. The van der Waals surface area contributed by atoms with E-state index in [4.69, 9.17) is 24.1 Å². The van der Waals surface area contributed by atoms with Crippen LogP contribution in [0.25, 0.3) is 0 Å². The molecule has 15 nitrogen and oxygen atoms in total. The molecule has 9 N–H and O–H groups in total. The van der Waals surface area contributed by atoms with Gasteiger partial charge in [0.2, 0.25) is 5.79 Å². The Morgan fingerprint density at radius 2 is 1.55 bits per heavy atom. The Bertz CT molecular complexity index is 628. The number of hydrogen-bond donors (Lipinski definition) is 9. The smallest absolute Gasteiger partial charge is 0.333 e. The first kappa shape index (κ1) is 25.8. The van der Waals surface area contributed by atoms with E-state index >= 15 is 0 Å². The number of carbonyl (C=O) groups is 2. The Morgan fingerprint density at radius 3 is 2.06 bits per heavy atom. The van der Waals surface area contributed by atoms with E-state index in [0.29, 0.717) is 0 Å². The van der Waals surface area contributed by atoms with Gasteiger partial charge >= 0.3 is 11.9 Å². The Labute approximate surface area is 174 Å². The number of rotatable bonds is 9. The van der Waals surface area contributed by atoms with Crippen molar-refractivity contribution in [3.05, 3.63) is 0 Å². The zero-order valence-electron chi connectivity index (χ0n) is 16.0. The lowest BCUT2D eigenvalue weighted by atomic mass is 9.99. The molecule has 0 radical (unpaired) electrons. The number of aliphatic hydroxyl groups excluding tert-OH is 8. The predicted molar refractivity (Wildman–Crippen MR) is 90.8 cm³/mol. The molecule has 2 aliphatic heterocycles. The number of carboxylic acids is 1. The van der Waals surface area contributed by atoms with Crippen molar-refractivity contribution in [2.75, 3.05) is 19.8 Å². The molecular formula is C16H26O15. The molecular weight excluding hydrogens is 432 g/mol. The predicted octanol–water partition coefficient (Wildman–Crippen LogP) is -6.01. The molecule has 180 valence electrons. The second-order valence-electron chi connectivity index (χ2n) is 7.08. The zero-order valence-corrected chi connectivity index (χ0v) is 16.0. The monoisotopic (exact) mass is 458 g/mol. The minimum atomic E-state index is -2.48. The maximum Gasteiger partial charge on any atom is 0.333 e. The lowest BCUT2D eigenvalue weighted by molar-refractivity contribution is -0.383. The van der Waals surface area contributed by atoms with E-state index in [2.05, 4.69) is 0 Å². The molecule has 15 heteroatoms. The number of ether oxygens (including phenoxy) is 4. The molecule has 2 fully saturated rings. The molecule has 2 aliphatic rings. The first-order valence-electron chi connectivity index (χ1n) is 9.17. The molecule has 0 saturated carbocycles. The van der Waals surface area contributed by atoms with Crippen molar-refractivity contribution in [3.63, 3.8) is 0 Å². The maximum atomic E-state index is 12.0. The second-order valence-corrected chi connectivity index (χ2v) is 7.08. The van der Waals surface area contributed by atoms with Crippen LogP contribution in [0.2, 0.25) is 0 Å². The average Bonchev–Trinajstić information content (AvgIpc) is 2.99. The van der Waals surface area contributed by atoms with E-state index in [9.17, 15) is 50.4 Å². The highest BCUT2D eigenvalue weighted by Crippen LogP contribution is 2.38. The SMILES string of the molecule is O=C(CC(O)C(=O)O)O[C@H]1[C@H](O)[C@@H](CO)O[C@@]1(CO)O[C@H]1O[C@H](CO)[C@@H](O)[C@H](O)[C@H]1O. The Balaban J connectivity index is 2.26. The van der Waals surface area contributed by atoms with Gasteiger partial charge in [-0.1, -0.05) is 0 Å². The molecule has 2 heterocycles. The summed E-state index contributed by atoms with van der Waals surface area (Å²) in [6, 6.07) is 0. The lowest BCUT2D eigenvalue weighted by Gasteiger charge is -2.43. The summed E-state index contributed by atoms with van der Waals surface area (Å²) in [4.78, 5) is 22.7. The summed E-state index contributed by atoms with van der Waals surface area (Å²) in [5.41, 5.74) is 0. The molecule has 0 aromatic heterocycles. The first-order chi connectivity index (χ1) is 14.5. The summed E-state index contributed by atoms with van der Waals surface area (Å²) in [6.45, 7) is -2.80. The van der Waals surface area contributed by atoms with Crippen molar-refractivity contribution >= 4 is 11.9 Å². The van der Waals surface area contributed by atoms with Crippen LogP contribution in [0.5, 0.6) is 0 Å². The Morgan fingerprint density at radius 1 is 0.935 bits per heavy atom. The van der Waals surface area contributed by atoms with Gasteiger partial charge in [-0.15, -0.1) is 0 Å². The minimum absolute atomic E-state index is 0.800. The van der Waals surface area contributed by atoms with Gasteiger partial charge < -0.3 is 64.9 Å². The summed E-state index contributed by atoms with van der Waals surface area (Å²) in [5.74, 6) is -5.54. The highest BCUT2D eigenvalue weighted by atomic mass is 16.8. The van der Waals surface area contributed by atoms with Crippen molar-refractivity contribution in [3.8, 4) is 0 Å². The number of esters is 1. The topological polar surface area (TPSA) is 253 Å². The molecule has 2 rings (SSSR count). The van der Waals surface area contributed by atoms with Crippen LogP contribution in [-0.4, -0.2) is 139 Å². The van der Waals surface area contributed by atoms with E-state index in [0.717, 1.165) is 0 Å². The number of carboxylic acid groups (broad SMARTS) is 1. The van der Waals surface area contributed by atoms with Crippen molar-refractivity contribution in [1.82, 2.24) is 0 Å². The third-order valence-corrected chi connectivity index (χ3v) is 4.94. The summed E-state index contributed by atoms with van der Waals surface area (Å²) >= 11 is 0. The molecule has 0 aromatic carbocycles. The third kappa shape index (κ3) is 5.29. The largest absolute Gasteiger partial charge is 0.479 e. The van der Waals surface area contributed by atoms with Crippen LogP contribution < -0.4 is 0 Å². The van der Waals surface area contributed by atoms with Crippen LogP contribution in [0.4, 0.5) is 0 Å². The highest BCUT2D eigenvalue weighted by molar-refractivity contribution is 5.80. The van der Waals surface area contributed by atoms with Crippen molar-refractivity contribution in [2.24, 2.45) is 0 Å². The van der Waals surface area contributed by atoms with Crippen LogP contribution in [0.1, 0.15) is 6.42 Å². The summed E-state index contributed by atoms with van der Waals surface area (Å²) < 4.78 is 20.7. The van der Waals surface area contributed by atoms with Crippen molar-refractivity contribution < 1.29 is 74.5 Å². The van der Waals surface area contributed by atoms with E-state index in [-0.39, 0.29) is 0 Å². The average molecular weight is 458 g/mol. The van der Waals surface area contributed by atoms with Gasteiger partial charge in [0.1, 0.15) is 43.2 Å².